The average molecular weight is 305 g/mol. The van der Waals surface area contributed by atoms with Crippen LogP contribution < -0.4 is 4.74 Å². The molecule has 0 fully saturated rings. The van der Waals surface area contributed by atoms with Crippen molar-refractivity contribution in [3.05, 3.63) is 29.6 Å². The third kappa shape index (κ3) is 5.50. The molecule has 0 spiro atoms. The van der Waals surface area contributed by atoms with Crippen LogP contribution in [0.5, 0.6) is 5.75 Å². The number of unbranched alkanes of at least 4 members (excludes halogenated alkanes) is 1. The summed E-state index contributed by atoms with van der Waals surface area (Å²) >= 11 is 3.28. The molecule has 0 saturated heterocycles. The molecule has 0 N–H and O–H groups in total. The van der Waals surface area contributed by atoms with E-state index in [0.29, 0.717) is 18.5 Å². The van der Waals surface area contributed by atoms with Gasteiger partial charge in [0.15, 0.2) is 11.6 Å². The van der Waals surface area contributed by atoms with Gasteiger partial charge in [-0.2, -0.15) is 0 Å². The summed E-state index contributed by atoms with van der Waals surface area (Å²) in [6.45, 7) is 3.74. The molecule has 17 heavy (non-hydrogen) atoms. The van der Waals surface area contributed by atoms with Gasteiger partial charge < -0.3 is 9.47 Å². The van der Waals surface area contributed by atoms with Gasteiger partial charge in [-0.3, -0.25) is 0 Å². The smallest absolute Gasteiger partial charge is 0.165 e. The predicted molar refractivity (Wildman–Crippen MR) is 70.3 cm³/mol. The zero-order chi connectivity index (χ0) is 12.5. The fraction of sp³-hybridized carbons (Fsp3) is 0.538. The van der Waals surface area contributed by atoms with Crippen molar-refractivity contribution < 1.29 is 13.9 Å². The number of ether oxygens (including phenoxy) is 2. The fourth-order valence-corrected chi connectivity index (χ4v) is 1.65. The van der Waals surface area contributed by atoms with E-state index in [0.717, 1.165) is 25.0 Å². The fourth-order valence-electron chi connectivity index (χ4n) is 1.30. The van der Waals surface area contributed by atoms with Crippen LogP contribution in [-0.2, 0) is 10.1 Å². The van der Waals surface area contributed by atoms with Crippen LogP contribution in [0.1, 0.15) is 25.3 Å². The van der Waals surface area contributed by atoms with E-state index >= 15 is 0 Å². The lowest BCUT2D eigenvalue weighted by Gasteiger charge is -2.08. The molecule has 0 amide bonds. The molecule has 1 aromatic rings. The van der Waals surface area contributed by atoms with Crippen LogP contribution in [0.2, 0.25) is 0 Å². The lowest BCUT2D eigenvalue weighted by atomic mass is 10.2. The van der Waals surface area contributed by atoms with Gasteiger partial charge in [-0.15, -0.1) is 0 Å². The molecule has 0 aliphatic heterocycles. The third-order valence-corrected chi connectivity index (χ3v) is 2.93. The van der Waals surface area contributed by atoms with Crippen molar-refractivity contribution in [2.24, 2.45) is 0 Å². The first-order valence-corrected chi connectivity index (χ1v) is 6.95. The number of rotatable bonds is 8. The summed E-state index contributed by atoms with van der Waals surface area (Å²) in [6.07, 6.45) is 2.16. The number of hydrogen-bond acceptors (Lipinski definition) is 2. The van der Waals surface area contributed by atoms with Crippen molar-refractivity contribution >= 4 is 15.9 Å². The van der Waals surface area contributed by atoms with E-state index in [4.69, 9.17) is 9.47 Å². The number of hydrogen-bond donors (Lipinski definition) is 0. The predicted octanol–water partition coefficient (Wildman–Crippen LogP) is 3.92. The number of benzene rings is 1. The molecule has 0 heterocycles. The maximum atomic E-state index is 13.5. The minimum absolute atomic E-state index is 0.286. The van der Waals surface area contributed by atoms with E-state index in [1.54, 1.807) is 6.07 Å². The van der Waals surface area contributed by atoms with Crippen LogP contribution in [0, 0.1) is 5.82 Å². The summed E-state index contributed by atoms with van der Waals surface area (Å²) in [6, 6.07) is 4.96. The lowest BCUT2D eigenvalue weighted by Crippen LogP contribution is -2.08. The minimum atomic E-state index is -0.324. The first-order chi connectivity index (χ1) is 8.27. The van der Waals surface area contributed by atoms with E-state index < -0.39 is 0 Å². The normalized spacial score (nSPS) is 10.5. The van der Waals surface area contributed by atoms with Crippen molar-refractivity contribution in [1.29, 1.82) is 0 Å². The Labute approximate surface area is 110 Å². The Morgan fingerprint density at radius 1 is 1.24 bits per heavy atom. The second kappa shape index (κ2) is 8.48. The van der Waals surface area contributed by atoms with Crippen molar-refractivity contribution in [1.82, 2.24) is 0 Å². The van der Waals surface area contributed by atoms with Gasteiger partial charge in [0.2, 0.25) is 0 Å². The molecule has 1 aromatic carbocycles. The Hall–Kier alpha value is -0.610. The van der Waals surface area contributed by atoms with Crippen LogP contribution in [-0.4, -0.2) is 19.8 Å². The first kappa shape index (κ1) is 14.5. The van der Waals surface area contributed by atoms with Crippen LogP contribution in [0.4, 0.5) is 4.39 Å². The molecule has 4 heteroatoms. The Morgan fingerprint density at radius 3 is 2.71 bits per heavy atom. The summed E-state index contributed by atoms with van der Waals surface area (Å²) in [5, 5.41) is 0.643. The molecule has 0 atom stereocenters. The second-order valence-electron chi connectivity index (χ2n) is 3.71. The molecule has 2 nitrogen and oxygen atoms in total. The van der Waals surface area contributed by atoms with Crippen molar-refractivity contribution in [3.63, 3.8) is 0 Å². The Bertz CT molecular complexity index is 331. The maximum absolute atomic E-state index is 13.5. The maximum Gasteiger partial charge on any atom is 0.165 e. The Morgan fingerprint density at radius 2 is 2.06 bits per heavy atom. The molecule has 0 radical (unpaired) electrons. The SMILES string of the molecule is CCCCOCCOc1ccc(CBr)cc1F. The number of halogens is 2. The highest BCUT2D eigenvalue weighted by Crippen LogP contribution is 2.19. The van der Waals surface area contributed by atoms with Gasteiger partial charge in [0, 0.05) is 11.9 Å². The lowest BCUT2D eigenvalue weighted by molar-refractivity contribution is 0.0967. The minimum Gasteiger partial charge on any atom is -0.488 e. The quantitative estimate of drug-likeness (QED) is 0.535. The zero-order valence-electron chi connectivity index (χ0n) is 10.0. The molecule has 0 aromatic heterocycles. The van der Waals surface area contributed by atoms with Gasteiger partial charge >= 0.3 is 0 Å². The number of alkyl halides is 1. The van der Waals surface area contributed by atoms with Crippen LogP contribution in [0.15, 0.2) is 18.2 Å². The second-order valence-corrected chi connectivity index (χ2v) is 4.27. The van der Waals surface area contributed by atoms with Crippen molar-refractivity contribution in [2.75, 3.05) is 19.8 Å². The monoisotopic (exact) mass is 304 g/mol. The summed E-state index contributed by atoms with van der Waals surface area (Å²) in [7, 11) is 0. The summed E-state index contributed by atoms with van der Waals surface area (Å²) in [5.41, 5.74) is 0.897. The molecular weight excluding hydrogens is 287 g/mol. The van der Waals surface area contributed by atoms with Crippen LogP contribution >= 0.6 is 15.9 Å². The Kier molecular flexibility index (Phi) is 7.21. The van der Waals surface area contributed by atoms with Crippen molar-refractivity contribution in [2.45, 2.75) is 25.1 Å². The van der Waals surface area contributed by atoms with Gasteiger partial charge in [0.1, 0.15) is 6.61 Å². The van der Waals surface area contributed by atoms with E-state index in [2.05, 4.69) is 22.9 Å². The molecule has 0 bridgehead atoms. The highest BCUT2D eigenvalue weighted by Gasteiger charge is 2.03. The topological polar surface area (TPSA) is 18.5 Å². The zero-order valence-corrected chi connectivity index (χ0v) is 11.6. The summed E-state index contributed by atoms with van der Waals surface area (Å²) in [4.78, 5) is 0. The van der Waals surface area contributed by atoms with Crippen LogP contribution in [0.3, 0.4) is 0 Å². The summed E-state index contributed by atoms with van der Waals surface area (Å²) < 4.78 is 24.1. The summed E-state index contributed by atoms with van der Waals surface area (Å²) in [5.74, 6) is -0.0377. The standard InChI is InChI=1S/C13H18BrFO2/c1-2-3-6-16-7-8-17-13-5-4-11(10-14)9-12(13)15/h4-5,9H,2-3,6-8,10H2,1H3. The average Bonchev–Trinajstić information content (AvgIpc) is 2.35. The van der Waals surface area contributed by atoms with Crippen LogP contribution in [0.25, 0.3) is 0 Å². The molecule has 96 valence electrons. The van der Waals surface area contributed by atoms with E-state index in [1.807, 2.05) is 6.07 Å². The largest absolute Gasteiger partial charge is 0.488 e. The first-order valence-electron chi connectivity index (χ1n) is 5.83. The molecular formula is C13H18BrFO2. The Balaban J connectivity index is 2.27. The third-order valence-electron chi connectivity index (χ3n) is 2.28. The van der Waals surface area contributed by atoms with Gasteiger partial charge in [-0.25, -0.2) is 4.39 Å². The van der Waals surface area contributed by atoms with Crippen molar-refractivity contribution in [3.8, 4) is 5.75 Å². The molecule has 0 aliphatic carbocycles. The van der Waals surface area contributed by atoms with E-state index in [9.17, 15) is 4.39 Å². The molecule has 1 rings (SSSR count). The molecule has 0 saturated carbocycles. The molecule has 0 unspecified atom stereocenters. The van der Waals surface area contributed by atoms with Gasteiger partial charge in [-0.05, 0) is 24.1 Å². The van der Waals surface area contributed by atoms with E-state index in [-0.39, 0.29) is 11.6 Å². The van der Waals surface area contributed by atoms with E-state index in [1.165, 1.54) is 6.07 Å². The highest BCUT2D eigenvalue weighted by molar-refractivity contribution is 9.08. The molecule has 0 aliphatic rings. The van der Waals surface area contributed by atoms with Gasteiger partial charge in [0.05, 0.1) is 6.61 Å². The van der Waals surface area contributed by atoms with Gasteiger partial charge in [-0.1, -0.05) is 35.3 Å². The highest BCUT2D eigenvalue weighted by atomic mass is 79.9. The van der Waals surface area contributed by atoms with Gasteiger partial charge in [0.25, 0.3) is 0 Å².